The van der Waals surface area contributed by atoms with Crippen LogP contribution in [0.15, 0.2) is 36.9 Å². The Morgan fingerprint density at radius 2 is 2.20 bits per heavy atom. The third-order valence-corrected chi connectivity index (χ3v) is 2.32. The molecule has 0 N–H and O–H groups in total. The molecule has 2 rings (SSSR count). The molecule has 0 saturated carbocycles. The topological polar surface area (TPSA) is 17.8 Å². The summed E-state index contributed by atoms with van der Waals surface area (Å²) in [6, 6.07) is 4.67. The van der Waals surface area contributed by atoms with Crippen LogP contribution in [0, 0.1) is 5.82 Å². The van der Waals surface area contributed by atoms with Crippen LogP contribution in [-0.4, -0.2) is 9.55 Å². The standard InChI is InChI=1S/C10H8ClFN2.ClH/c11-9-2-1-3-10(12)8(9)6-14-5-4-13-7-14;/h1-5,7H,6H2;1H. The van der Waals surface area contributed by atoms with E-state index in [9.17, 15) is 4.39 Å². The molecule has 0 radical (unpaired) electrons. The second-order valence-electron chi connectivity index (χ2n) is 2.94. The van der Waals surface area contributed by atoms with Gasteiger partial charge in [-0.15, -0.1) is 12.4 Å². The maximum Gasteiger partial charge on any atom is 0.129 e. The van der Waals surface area contributed by atoms with Crippen molar-refractivity contribution in [2.24, 2.45) is 0 Å². The van der Waals surface area contributed by atoms with Crippen molar-refractivity contribution in [2.75, 3.05) is 0 Å². The fourth-order valence-electron chi connectivity index (χ4n) is 1.25. The molecule has 0 saturated heterocycles. The number of rotatable bonds is 2. The highest BCUT2D eigenvalue weighted by molar-refractivity contribution is 6.31. The van der Waals surface area contributed by atoms with E-state index >= 15 is 0 Å². The van der Waals surface area contributed by atoms with Crippen LogP contribution >= 0.6 is 24.0 Å². The third kappa shape index (κ3) is 2.70. The van der Waals surface area contributed by atoms with E-state index in [1.165, 1.54) is 6.07 Å². The molecule has 0 aliphatic carbocycles. The number of benzene rings is 1. The van der Waals surface area contributed by atoms with E-state index in [4.69, 9.17) is 11.6 Å². The van der Waals surface area contributed by atoms with Gasteiger partial charge in [0, 0.05) is 23.0 Å². The van der Waals surface area contributed by atoms with E-state index in [0.29, 0.717) is 17.1 Å². The molecule has 0 aliphatic rings. The molecule has 1 heterocycles. The van der Waals surface area contributed by atoms with Crippen molar-refractivity contribution < 1.29 is 4.39 Å². The molecule has 1 aromatic heterocycles. The van der Waals surface area contributed by atoms with Gasteiger partial charge in [-0.1, -0.05) is 17.7 Å². The molecule has 2 nitrogen and oxygen atoms in total. The lowest BCUT2D eigenvalue weighted by atomic mass is 10.2. The molecular formula is C10H9Cl2FN2. The van der Waals surface area contributed by atoms with Crippen LogP contribution in [0.2, 0.25) is 5.02 Å². The van der Waals surface area contributed by atoms with E-state index < -0.39 is 0 Å². The monoisotopic (exact) mass is 246 g/mol. The van der Waals surface area contributed by atoms with Crippen molar-refractivity contribution in [1.29, 1.82) is 0 Å². The summed E-state index contributed by atoms with van der Waals surface area (Å²) in [5, 5.41) is 0.443. The molecule has 80 valence electrons. The number of hydrogen-bond donors (Lipinski definition) is 0. The van der Waals surface area contributed by atoms with E-state index in [1.807, 2.05) is 0 Å². The minimum Gasteiger partial charge on any atom is -0.333 e. The van der Waals surface area contributed by atoms with Gasteiger partial charge in [0.1, 0.15) is 5.82 Å². The van der Waals surface area contributed by atoms with Gasteiger partial charge in [-0.3, -0.25) is 0 Å². The fraction of sp³-hybridized carbons (Fsp3) is 0.100. The first-order chi connectivity index (χ1) is 6.77. The summed E-state index contributed by atoms with van der Waals surface area (Å²) in [6.07, 6.45) is 5.04. The largest absolute Gasteiger partial charge is 0.333 e. The van der Waals surface area contributed by atoms with Crippen LogP contribution in [0.1, 0.15) is 5.56 Å². The summed E-state index contributed by atoms with van der Waals surface area (Å²) in [5.74, 6) is -0.286. The lowest BCUT2D eigenvalue weighted by Gasteiger charge is -2.05. The number of nitrogens with zero attached hydrogens (tertiary/aromatic N) is 2. The number of halogens is 3. The predicted octanol–water partition coefficient (Wildman–Crippen LogP) is 3.15. The van der Waals surface area contributed by atoms with Crippen molar-refractivity contribution in [1.82, 2.24) is 9.55 Å². The predicted molar refractivity (Wildman–Crippen MR) is 60.0 cm³/mol. The molecule has 0 aliphatic heterocycles. The van der Waals surface area contributed by atoms with Gasteiger partial charge in [0.05, 0.1) is 12.9 Å². The first kappa shape index (κ1) is 12.0. The molecule has 2 aromatic rings. The normalized spacial score (nSPS) is 9.73. The van der Waals surface area contributed by atoms with Gasteiger partial charge in [-0.05, 0) is 12.1 Å². The molecule has 15 heavy (non-hydrogen) atoms. The summed E-state index contributed by atoms with van der Waals surface area (Å²) in [6.45, 7) is 0.408. The maximum atomic E-state index is 13.3. The van der Waals surface area contributed by atoms with Crippen molar-refractivity contribution in [3.05, 3.63) is 53.3 Å². The lowest BCUT2D eigenvalue weighted by molar-refractivity contribution is 0.599. The minimum absolute atomic E-state index is 0. The Hall–Kier alpha value is -1.06. The summed E-state index contributed by atoms with van der Waals surface area (Å²) < 4.78 is 15.1. The highest BCUT2D eigenvalue weighted by atomic mass is 35.5. The average Bonchev–Trinajstić information content (AvgIpc) is 2.64. The van der Waals surface area contributed by atoms with Crippen LogP contribution in [0.3, 0.4) is 0 Å². The quantitative estimate of drug-likeness (QED) is 0.797. The lowest BCUT2D eigenvalue weighted by Crippen LogP contribution is -2.00. The van der Waals surface area contributed by atoms with Crippen molar-refractivity contribution in [2.45, 2.75) is 6.54 Å². The second kappa shape index (κ2) is 5.14. The Kier molecular flexibility index (Phi) is 4.12. The maximum absolute atomic E-state index is 13.3. The van der Waals surface area contributed by atoms with Gasteiger partial charge in [0.2, 0.25) is 0 Å². The smallest absolute Gasteiger partial charge is 0.129 e. The third-order valence-electron chi connectivity index (χ3n) is 1.96. The Bertz CT molecular complexity index is 409. The van der Waals surface area contributed by atoms with E-state index in [-0.39, 0.29) is 18.2 Å². The highest BCUT2D eigenvalue weighted by Gasteiger charge is 2.06. The zero-order chi connectivity index (χ0) is 9.97. The number of aromatic nitrogens is 2. The molecule has 0 atom stereocenters. The zero-order valence-electron chi connectivity index (χ0n) is 7.73. The summed E-state index contributed by atoms with van der Waals surface area (Å²) >= 11 is 5.87. The van der Waals surface area contributed by atoms with Crippen LogP contribution in [-0.2, 0) is 6.54 Å². The molecular weight excluding hydrogens is 238 g/mol. The van der Waals surface area contributed by atoms with Crippen LogP contribution < -0.4 is 0 Å². The molecule has 0 bridgehead atoms. The minimum atomic E-state index is -0.286. The first-order valence-electron chi connectivity index (χ1n) is 4.16. The van der Waals surface area contributed by atoms with Crippen LogP contribution in [0.4, 0.5) is 4.39 Å². The fourth-order valence-corrected chi connectivity index (χ4v) is 1.47. The zero-order valence-corrected chi connectivity index (χ0v) is 9.30. The number of imidazole rings is 1. The van der Waals surface area contributed by atoms with Crippen LogP contribution in [0.5, 0.6) is 0 Å². The van der Waals surface area contributed by atoms with E-state index in [2.05, 4.69) is 4.98 Å². The van der Waals surface area contributed by atoms with Crippen molar-refractivity contribution in [3.8, 4) is 0 Å². The Morgan fingerprint density at radius 3 is 2.80 bits per heavy atom. The van der Waals surface area contributed by atoms with E-state index in [0.717, 1.165) is 0 Å². The van der Waals surface area contributed by atoms with Gasteiger partial charge in [-0.2, -0.15) is 0 Å². The number of hydrogen-bond acceptors (Lipinski definition) is 1. The van der Waals surface area contributed by atoms with Gasteiger partial charge in [0.15, 0.2) is 0 Å². The molecule has 0 spiro atoms. The second-order valence-corrected chi connectivity index (χ2v) is 3.34. The Morgan fingerprint density at radius 1 is 1.40 bits per heavy atom. The summed E-state index contributed by atoms with van der Waals surface area (Å²) in [4.78, 5) is 3.88. The molecule has 5 heteroatoms. The van der Waals surface area contributed by atoms with Gasteiger partial charge in [0.25, 0.3) is 0 Å². The van der Waals surface area contributed by atoms with Crippen molar-refractivity contribution in [3.63, 3.8) is 0 Å². The highest BCUT2D eigenvalue weighted by Crippen LogP contribution is 2.19. The summed E-state index contributed by atoms with van der Waals surface area (Å²) in [7, 11) is 0. The molecule has 0 unspecified atom stereocenters. The van der Waals surface area contributed by atoms with Crippen LogP contribution in [0.25, 0.3) is 0 Å². The molecule has 0 fully saturated rings. The van der Waals surface area contributed by atoms with Gasteiger partial charge < -0.3 is 4.57 Å². The van der Waals surface area contributed by atoms with E-state index in [1.54, 1.807) is 35.4 Å². The van der Waals surface area contributed by atoms with Gasteiger partial charge >= 0.3 is 0 Å². The first-order valence-corrected chi connectivity index (χ1v) is 4.54. The Balaban J connectivity index is 0.00000112. The molecule has 0 amide bonds. The van der Waals surface area contributed by atoms with Crippen molar-refractivity contribution >= 4 is 24.0 Å². The molecule has 1 aromatic carbocycles. The van der Waals surface area contributed by atoms with Gasteiger partial charge in [-0.25, -0.2) is 9.37 Å². The Labute approximate surface area is 98.1 Å². The average molecular weight is 247 g/mol. The summed E-state index contributed by atoms with van der Waals surface area (Å²) in [5.41, 5.74) is 0.493. The SMILES string of the molecule is Cl.Fc1cccc(Cl)c1Cn1ccnc1.